The Bertz CT molecular complexity index is 341. The van der Waals surface area contributed by atoms with Crippen molar-refractivity contribution in [2.75, 3.05) is 26.3 Å². The van der Waals surface area contributed by atoms with E-state index in [1.807, 2.05) is 6.07 Å². The molecule has 2 nitrogen and oxygen atoms in total. The normalized spacial score (nSPS) is 17.3. The molecule has 0 unspecified atom stereocenters. The summed E-state index contributed by atoms with van der Waals surface area (Å²) in [6, 6.07) is 10.3. The molecule has 1 heterocycles. The Morgan fingerprint density at radius 2 is 1.94 bits per heavy atom. The number of rotatable bonds is 6. The van der Waals surface area contributed by atoms with E-state index in [2.05, 4.69) is 41.7 Å². The number of benzene rings is 1. The third-order valence-corrected chi connectivity index (χ3v) is 3.45. The fourth-order valence-corrected chi connectivity index (χ4v) is 2.32. The molecule has 98 valence electrons. The first-order valence-corrected chi connectivity index (χ1v) is 6.95. The molecule has 1 aromatic carbocycles. The Hall–Kier alpha value is -1.12. The largest absolute Gasteiger partial charge is 0.377 e. The lowest BCUT2D eigenvalue weighted by Crippen LogP contribution is -2.28. The maximum Gasteiger partial charge on any atom is 0.0650 e. The third kappa shape index (κ3) is 5.03. The van der Waals surface area contributed by atoms with Gasteiger partial charge in [-0.15, -0.1) is 0 Å². The lowest BCUT2D eigenvalue weighted by Gasteiger charge is -2.22. The highest BCUT2D eigenvalue weighted by molar-refractivity contribution is 5.48. The summed E-state index contributed by atoms with van der Waals surface area (Å²) in [4.78, 5) is 0. The maximum atomic E-state index is 5.65. The molecular weight excluding hydrogens is 222 g/mol. The van der Waals surface area contributed by atoms with Gasteiger partial charge in [0.2, 0.25) is 0 Å². The predicted molar refractivity (Wildman–Crippen MR) is 76.5 cm³/mol. The first kappa shape index (κ1) is 13.3. The number of piperidine rings is 1. The summed E-state index contributed by atoms with van der Waals surface area (Å²) in [5.41, 5.74) is 1.24. The molecule has 1 N–H and O–H groups in total. The van der Waals surface area contributed by atoms with Gasteiger partial charge >= 0.3 is 0 Å². The highest BCUT2D eigenvalue weighted by atomic mass is 16.5. The van der Waals surface area contributed by atoms with Crippen molar-refractivity contribution in [3.63, 3.8) is 0 Å². The molecule has 2 rings (SSSR count). The van der Waals surface area contributed by atoms with Crippen molar-refractivity contribution in [2.45, 2.75) is 19.3 Å². The van der Waals surface area contributed by atoms with Gasteiger partial charge in [-0.2, -0.15) is 0 Å². The molecular formula is C16H23NO. The van der Waals surface area contributed by atoms with Crippen molar-refractivity contribution < 1.29 is 4.74 Å². The van der Waals surface area contributed by atoms with E-state index in [4.69, 9.17) is 4.74 Å². The van der Waals surface area contributed by atoms with E-state index in [-0.39, 0.29) is 0 Å². The summed E-state index contributed by atoms with van der Waals surface area (Å²) in [6.07, 6.45) is 8.04. The van der Waals surface area contributed by atoms with Crippen LogP contribution < -0.4 is 5.32 Å². The molecule has 1 saturated heterocycles. The van der Waals surface area contributed by atoms with Crippen molar-refractivity contribution >= 4 is 6.08 Å². The standard InChI is InChI=1S/C16H23NO/c1-2-5-15(6-3-1)7-4-13-18-14-10-16-8-11-17-12-9-16/h1-7,16-17H,8-14H2/b7-4+. The monoisotopic (exact) mass is 245 g/mol. The molecule has 1 aromatic rings. The fourth-order valence-electron chi connectivity index (χ4n) is 2.32. The summed E-state index contributed by atoms with van der Waals surface area (Å²) < 4.78 is 5.65. The van der Waals surface area contributed by atoms with Gasteiger partial charge in [0, 0.05) is 6.61 Å². The summed E-state index contributed by atoms with van der Waals surface area (Å²) in [5.74, 6) is 0.865. The summed E-state index contributed by atoms with van der Waals surface area (Å²) in [7, 11) is 0. The molecule has 1 aliphatic rings. The number of ether oxygens (including phenoxy) is 1. The second-order valence-electron chi connectivity index (χ2n) is 4.87. The van der Waals surface area contributed by atoms with Gasteiger partial charge in [-0.1, -0.05) is 42.5 Å². The van der Waals surface area contributed by atoms with E-state index in [0.717, 1.165) is 19.1 Å². The van der Waals surface area contributed by atoms with Crippen molar-refractivity contribution in [2.24, 2.45) is 5.92 Å². The molecule has 2 heteroatoms. The maximum absolute atomic E-state index is 5.65. The SMILES string of the molecule is C(=C\c1ccccc1)/COCCC1CCNCC1. The number of nitrogens with one attached hydrogen (secondary N) is 1. The third-order valence-electron chi connectivity index (χ3n) is 3.45. The van der Waals surface area contributed by atoms with E-state index in [1.165, 1.54) is 37.9 Å². The average Bonchev–Trinajstić information content (AvgIpc) is 2.45. The van der Waals surface area contributed by atoms with Crippen LogP contribution in [0.4, 0.5) is 0 Å². The smallest absolute Gasteiger partial charge is 0.0650 e. The van der Waals surface area contributed by atoms with Gasteiger partial charge in [-0.3, -0.25) is 0 Å². The van der Waals surface area contributed by atoms with E-state index < -0.39 is 0 Å². The first-order valence-electron chi connectivity index (χ1n) is 6.95. The zero-order chi connectivity index (χ0) is 12.5. The lowest BCUT2D eigenvalue weighted by molar-refractivity contribution is 0.139. The van der Waals surface area contributed by atoms with Crippen LogP contribution in [0.25, 0.3) is 6.08 Å². The van der Waals surface area contributed by atoms with Gasteiger partial charge in [0.25, 0.3) is 0 Å². The first-order chi connectivity index (χ1) is 8.95. The highest BCUT2D eigenvalue weighted by Gasteiger charge is 2.11. The topological polar surface area (TPSA) is 21.3 Å². The van der Waals surface area contributed by atoms with Crippen LogP contribution in [0.2, 0.25) is 0 Å². The van der Waals surface area contributed by atoms with Crippen LogP contribution in [0.1, 0.15) is 24.8 Å². The van der Waals surface area contributed by atoms with E-state index in [1.54, 1.807) is 0 Å². The summed E-state index contributed by atoms with van der Waals surface area (Å²) >= 11 is 0. The van der Waals surface area contributed by atoms with Gasteiger partial charge in [-0.25, -0.2) is 0 Å². The minimum absolute atomic E-state index is 0.722. The van der Waals surface area contributed by atoms with E-state index in [9.17, 15) is 0 Å². The van der Waals surface area contributed by atoms with E-state index >= 15 is 0 Å². The zero-order valence-corrected chi connectivity index (χ0v) is 11.0. The Labute approximate surface area is 110 Å². The van der Waals surface area contributed by atoms with Gasteiger partial charge in [0.15, 0.2) is 0 Å². The average molecular weight is 245 g/mol. The van der Waals surface area contributed by atoms with Crippen LogP contribution in [-0.4, -0.2) is 26.3 Å². The molecule has 1 fully saturated rings. The van der Waals surface area contributed by atoms with Crippen molar-refractivity contribution in [1.29, 1.82) is 0 Å². The van der Waals surface area contributed by atoms with E-state index in [0.29, 0.717) is 0 Å². The van der Waals surface area contributed by atoms with Crippen molar-refractivity contribution in [3.05, 3.63) is 42.0 Å². The van der Waals surface area contributed by atoms with Gasteiger partial charge < -0.3 is 10.1 Å². The van der Waals surface area contributed by atoms with Crippen molar-refractivity contribution in [3.8, 4) is 0 Å². The quantitative estimate of drug-likeness (QED) is 0.778. The van der Waals surface area contributed by atoms with Gasteiger partial charge in [0.1, 0.15) is 0 Å². The molecule has 0 aromatic heterocycles. The van der Waals surface area contributed by atoms with Crippen molar-refractivity contribution in [1.82, 2.24) is 5.32 Å². The molecule has 0 bridgehead atoms. The number of hydrogen-bond acceptors (Lipinski definition) is 2. The van der Waals surface area contributed by atoms with Gasteiger partial charge in [0.05, 0.1) is 6.61 Å². The number of hydrogen-bond donors (Lipinski definition) is 1. The second-order valence-corrected chi connectivity index (χ2v) is 4.87. The molecule has 0 radical (unpaired) electrons. The fraction of sp³-hybridized carbons (Fsp3) is 0.500. The predicted octanol–water partition coefficient (Wildman–Crippen LogP) is 3.11. The lowest BCUT2D eigenvalue weighted by atomic mass is 9.95. The molecule has 0 amide bonds. The molecule has 0 aliphatic carbocycles. The highest BCUT2D eigenvalue weighted by Crippen LogP contribution is 2.15. The van der Waals surface area contributed by atoms with Crippen LogP contribution in [0.15, 0.2) is 36.4 Å². The van der Waals surface area contributed by atoms with Crippen LogP contribution in [-0.2, 0) is 4.74 Å². The molecule has 1 aliphatic heterocycles. The molecule has 0 saturated carbocycles. The van der Waals surface area contributed by atoms with Gasteiger partial charge in [-0.05, 0) is 43.8 Å². The molecule has 18 heavy (non-hydrogen) atoms. The molecule has 0 atom stereocenters. The Morgan fingerprint density at radius 1 is 1.17 bits per heavy atom. The second kappa shape index (κ2) is 8.06. The Kier molecular flexibility index (Phi) is 5.97. The Balaban J connectivity index is 1.54. The zero-order valence-electron chi connectivity index (χ0n) is 11.0. The minimum atomic E-state index is 0.722. The van der Waals surface area contributed by atoms with Crippen LogP contribution in [0.5, 0.6) is 0 Å². The van der Waals surface area contributed by atoms with Crippen LogP contribution >= 0.6 is 0 Å². The molecule has 0 spiro atoms. The summed E-state index contributed by atoms with van der Waals surface area (Å²) in [5, 5.41) is 3.39. The van der Waals surface area contributed by atoms with Crippen LogP contribution in [0, 0.1) is 5.92 Å². The van der Waals surface area contributed by atoms with Crippen LogP contribution in [0.3, 0.4) is 0 Å². The minimum Gasteiger partial charge on any atom is -0.377 e. The Morgan fingerprint density at radius 3 is 2.72 bits per heavy atom. The summed E-state index contributed by atoms with van der Waals surface area (Å²) in [6.45, 7) is 3.97.